The molecule has 0 aromatic carbocycles. The van der Waals surface area contributed by atoms with E-state index >= 15 is 0 Å². The fraction of sp³-hybridized carbons (Fsp3) is 0.857. The third-order valence-electron chi connectivity index (χ3n) is 3.47. The second-order valence-corrected chi connectivity index (χ2v) is 4.99. The summed E-state index contributed by atoms with van der Waals surface area (Å²) in [6.07, 6.45) is 5.33. The van der Waals surface area contributed by atoms with E-state index in [1.54, 1.807) is 14.1 Å². The molecule has 5 heteroatoms. The minimum absolute atomic E-state index is 0.0455. The fourth-order valence-electron chi connectivity index (χ4n) is 2.12. The minimum Gasteiger partial charge on any atom is -0.368 e. The van der Waals surface area contributed by atoms with Crippen molar-refractivity contribution in [1.82, 2.24) is 10.2 Å². The van der Waals surface area contributed by atoms with Gasteiger partial charge in [0.2, 0.25) is 11.8 Å². The average Bonchev–Trinajstić information content (AvgIpc) is 2.39. The highest BCUT2D eigenvalue weighted by Gasteiger charge is 2.28. The van der Waals surface area contributed by atoms with Gasteiger partial charge in [-0.1, -0.05) is 39.5 Å². The number of hydrogen-bond acceptors (Lipinski definition) is 3. The maximum Gasteiger partial charge on any atom is 0.240 e. The number of hydrogen-bond donors (Lipinski definition) is 2. The van der Waals surface area contributed by atoms with Crippen molar-refractivity contribution in [2.75, 3.05) is 14.1 Å². The number of unbranched alkanes of at least 4 members (excludes halogenated alkanes) is 2. The van der Waals surface area contributed by atoms with Crippen molar-refractivity contribution in [3.05, 3.63) is 0 Å². The van der Waals surface area contributed by atoms with Gasteiger partial charge in [0.15, 0.2) is 0 Å². The van der Waals surface area contributed by atoms with Gasteiger partial charge in [0.1, 0.15) is 6.04 Å². The molecule has 0 spiro atoms. The van der Waals surface area contributed by atoms with Crippen LogP contribution in [-0.4, -0.2) is 42.9 Å². The zero-order valence-electron chi connectivity index (χ0n) is 12.7. The Morgan fingerprint density at radius 1 is 1.16 bits per heavy atom. The molecule has 0 heterocycles. The Hall–Kier alpha value is -1.10. The topological polar surface area (TPSA) is 75.4 Å². The molecule has 2 amide bonds. The zero-order valence-corrected chi connectivity index (χ0v) is 12.7. The summed E-state index contributed by atoms with van der Waals surface area (Å²) in [4.78, 5) is 25.3. The van der Waals surface area contributed by atoms with E-state index in [1.165, 1.54) is 4.90 Å². The van der Waals surface area contributed by atoms with Gasteiger partial charge in [-0.15, -0.1) is 0 Å². The van der Waals surface area contributed by atoms with Crippen LogP contribution in [0, 0.1) is 0 Å². The van der Waals surface area contributed by atoms with Gasteiger partial charge >= 0.3 is 0 Å². The summed E-state index contributed by atoms with van der Waals surface area (Å²) in [6, 6.07) is -0.724. The molecule has 0 fully saturated rings. The first-order valence-electron chi connectivity index (χ1n) is 7.22. The molecule has 0 aromatic heterocycles. The first-order valence-corrected chi connectivity index (χ1v) is 7.22. The van der Waals surface area contributed by atoms with Gasteiger partial charge in [-0.3, -0.25) is 9.59 Å². The summed E-state index contributed by atoms with van der Waals surface area (Å²) in [5, 5.41) is 3.02. The van der Waals surface area contributed by atoms with E-state index in [0.717, 1.165) is 32.1 Å². The third-order valence-corrected chi connectivity index (χ3v) is 3.47. The van der Waals surface area contributed by atoms with Crippen molar-refractivity contribution in [2.24, 2.45) is 5.73 Å². The minimum atomic E-state index is -0.495. The molecule has 0 bridgehead atoms. The number of carbonyl (C=O) groups is 2. The summed E-state index contributed by atoms with van der Waals surface area (Å²) in [6.45, 7) is 4.14. The van der Waals surface area contributed by atoms with Crippen LogP contribution in [0.15, 0.2) is 0 Å². The van der Waals surface area contributed by atoms with Gasteiger partial charge in [0.05, 0.1) is 6.04 Å². The molecular weight excluding hydrogens is 242 g/mol. The maximum absolute atomic E-state index is 12.3. The summed E-state index contributed by atoms with van der Waals surface area (Å²) in [5.41, 5.74) is 5.40. The Morgan fingerprint density at radius 2 is 1.68 bits per heavy atom. The number of nitrogens with one attached hydrogen (secondary N) is 1. The van der Waals surface area contributed by atoms with Gasteiger partial charge in [-0.25, -0.2) is 0 Å². The predicted octanol–water partition coefficient (Wildman–Crippen LogP) is 1.27. The second kappa shape index (κ2) is 9.78. The number of nitrogens with zero attached hydrogens (tertiary/aromatic N) is 1. The zero-order chi connectivity index (χ0) is 14.8. The Labute approximate surface area is 116 Å². The van der Waals surface area contributed by atoms with Crippen LogP contribution in [0.4, 0.5) is 0 Å². The van der Waals surface area contributed by atoms with E-state index in [2.05, 4.69) is 19.2 Å². The number of rotatable bonds is 10. The van der Waals surface area contributed by atoms with Crippen molar-refractivity contribution in [3.63, 3.8) is 0 Å². The number of nitrogens with two attached hydrogens (primary N) is 1. The summed E-state index contributed by atoms with van der Waals surface area (Å²) >= 11 is 0. The second-order valence-electron chi connectivity index (χ2n) is 4.99. The van der Waals surface area contributed by atoms with Crippen molar-refractivity contribution in [1.29, 1.82) is 0 Å². The van der Waals surface area contributed by atoms with E-state index in [9.17, 15) is 9.59 Å². The Bertz CT molecular complexity index is 282. The molecule has 2 atom stereocenters. The van der Waals surface area contributed by atoms with Crippen molar-refractivity contribution in [2.45, 2.75) is 64.5 Å². The SMILES string of the molecule is CCCC[C@H](NC)C(=O)N(C)[C@@H](CCCC)C(N)=O. The van der Waals surface area contributed by atoms with Crippen LogP contribution in [0.2, 0.25) is 0 Å². The summed E-state index contributed by atoms with van der Waals surface area (Å²) in [5.74, 6) is -0.467. The van der Waals surface area contributed by atoms with Crippen molar-refractivity contribution < 1.29 is 9.59 Å². The van der Waals surface area contributed by atoms with E-state index in [-0.39, 0.29) is 11.9 Å². The fourth-order valence-corrected chi connectivity index (χ4v) is 2.12. The van der Waals surface area contributed by atoms with Crippen LogP contribution in [0.1, 0.15) is 52.4 Å². The third kappa shape index (κ3) is 6.05. The van der Waals surface area contributed by atoms with Crippen LogP contribution >= 0.6 is 0 Å². The first kappa shape index (κ1) is 17.9. The highest BCUT2D eigenvalue weighted by Crippen LogP contribution is 2.11. The molecule has 19 heavy (non-hydrogen) atoms. The van der Waals surface area contributed by atoms with Crippen LogP contribution in [-0.2, 0) is 9.59 Å². The normalized spacial score (nSPS) is 13.9. The van der Waals surface area contributed by atoms with E-state index in [4.69, 9.17) is 5.73 Å². The Kier molecular flexibility index (Phi) is 9.21. The van der Waals surface area contributed by atoms with E-state index in [0.29, 0.717) is 6.42 Å². The summed E-state index contributed by atoms with van der Waals surface area (Å²) in [7, 11) is 3.45. The molecule has 0 saturated heterocycles. The molecule has 0 aromatic rings. The van der Waals surface area contributed by atoms with E-state index < -0.39 is 11.9 Å². The highest BCUT2D eigenvalue weighted by atomic mass is 16.2. The molecule has 3 N–H and O–H groups in total. The van der Waals surface area contributed by atoms with Gasteiger partial charge in [-0.05, 0) is 19.9 Å². The lowest BCUT2D eigenvalue weighted by Gasteiger charge is -2.29. The average molecular weight is 271 g/mol. The van der Waals surface area contributed by atoms with Crippen molar-refractivity contribution in [3.8, 4) is 0 Å². The number of likely N-dealkylation sites (N-methyl/N-ethyl adjacent to an activating group) is 2. The quantitative estimate of drug-likeness (QED) is 0.628. The van der Waals surface area contributed by atoms with Gasteiger partial charge in [-0.2, -0.15) is 0 Å². The lowest BCUT2D eigenvalue weighted by atomic mass is 10.0. The molecule has 0 unspecified atom stereocenters. The Morgan fingerprint density at radius 3 is 2.11 bits per heavy atom. The lowest BCUT2D eigenvalue weighted by molar-refractivity contribution is -0.139. The van der Waals surface area contributed by atoms with Crippen LogP contribution < -0.4 is 11.1 Å². The smallest absolute Gasteiger partial charge is 0.240 e. The molecule has 5 nitrogen and oxygen atoms in total. The molecule has 0 aliphatic rings. The highest BCUT2D eigenvalue weighted by molar-refractivity contribution is 5.88. The molecule has 0 aliphatic carbocycles. The van der Waals surface area contributed by atoms with E-state index in [1.807, 2.05) is 0 Å². The van der Waals surface area contributed by atoms with Gasteiger partial charge in [0.25, 0.3) is 0 Å². The maximum atomic E-state index is 12.3. The summed E-state index contributed by atoms with van der Waals surface area (Å²) < 4.78 is 0. The molecular formula is C14H29N3O2. The predicted molar refractivity (Wildman–Crippen MR) is 77.7 cm³/mol. The number of carbonyl (C=O) groups excluding carboxylic acids is 2. The largest absolute Gasteiger partial charge is 0.368 e. The standard InChI is InChI=1S/C14H29N3O2/c1-5-7-9-11(16-3)14(19)17(4)12(13(15)18)10-8-6-2/h11-12,16H,5-10H2,1-4H3,(H2,15,18)/t11-,12-/m0/s1. The number of primary amides is 1. The Balaban J connectivity index is 4.66. The van der Waals surface area contributed by atoms with Gasteiger partial charge < -0.3 is 16.0 Å². The molecule has 0 rings (SSSR count). The number of amides is 2. The molecule has 0 aliphatic heterocycles. The molecule has 0 radical (unpaired) electrons. The van der Waals surface area contributed by atoms with Crippen LogP contribution in [0.3, 0.4) is 0 Å². The monoisotopic (exact) mass is 271 g/mol. The van der Waals surface area contributed by atoms with Crippen LogP contribution in [0.5, 0.6) is 0 Å². The lowest BCUT2D eigenvalue weighted by Crippen LogP contribution is -2.52. The molecule has 112 valence electrons. The van der Waals surface area contributed by atoms with Gasteiger partial charge in [0, 0.05) is 7.05 Å². The van der Waals surface area contributed by atoms with Crippen LogP contribution in [0.25, 0.3) is 0 Å². The first-order chi connectivity index (χ1) is 8.99. The molecule has 0 saturated carbocycles. The van der Waals surface area contributed by atoms with Crippen molar-refractivity contribution >= 4 is 11.8 Å².